The molecule has 0 aliphatic rings. The first-order valence-electron chi connectivity index (χ1n) is 25.7. The van der Waals surface area contributed by atoms with E-state index in [9.17, 15) is 14.4 Å². The van der Waals surface area contributed by atoms with E-state index < -0.39 is 6.10 Å². The Morgan fingerprint density at radius 1 is 0.345 bits per heavy atom. The molecule has 344 valence electrons. The van der Waals surface area contributed by atoms with Gasteiger partial charge in [0.1, 0.15) is 13.2 Å². The molecule has 0 aliphatic heterocycles. The first kappa shape index (κ1) is 56.4. The van der Waals surface area contributed by atoms with Crippen LogP contribution in [0.1, 0.15) is 279 Å². The van der Waals surface area contributed by atoms with Crippen molar-refractivity contribution in [3.05, 3.63) is 0 Å². The number of unbranched alkanes of at least 4 members (excludes halogenated alkanes) is 26. The Hall–Kier alpha value is -1.59. The maximum Gasteiger partial charge on any atom is 0.306 e. The molecule has 0 aromatic carbocycles. The minimum Gasteiger partial charge on any atom is -0.462 e. The second-order valence-corrected chi connectivity index (χ2v) is 18.8. The van der Waals surface area contributed by atoms with Crippen LogP contribution in [-0.2, 0) is 28.6 Å². The SMILES string of the molecule is CCC(C)CCCCCCCCCCCCC(=O)OC[C@@H](COC(=O)CCCCCCCCCCCC(C)C)OC(=O)CCCCCCCCCCCCC(C)CC. The summed E-state index contributed by atoms with van der Waals surface area (Å²) in [5, 5.41) is 0. The molecule has 0 radical (unpaired) electrons. The standard InChI is InChI=1S/C52H100O6/c1-7-47(5)39-33-27-21-15-9-11-17-23-29-35-41-50(53)56-44-49(45-57-51(54)42-36-30-24-19-13-14-20-26-32-38-46(3)4)58-52(55)43-37-31-25-18-12-10-16-22-28-34-40-48(6)8-2/h46-49H,7-45H2,1-6H3/t47?,48?,49-/m0/s1. The third-order valence-electron chi connectivity index (χ3n) is 12.4. The van der Waals surface area contributed by atoms with Crippen LogP contribution in [0.3, 0.4) is 0 Å². The van der Waals surface area contributed by atoms with E-state index in [4.69, 9.17) is 14.2 Å². The molecule has 0 aromatic heterocycles. The molecule has 0 rings (SSSR count). The summed E-state index contributed by atoms with van der Waals surface area (Å²) < 4.78 is 16.8. The van der Waals surface area contributed by atoms with Crippen LogP contribution >= 0.6 is 0 Å². The first-order valence-corrected chi connectivity index (χ1v) is 25.7. The predicted octanol–water partition coefficient (Wildman–Crippen LogP) is 16.4. The van der Waals surface area contributed by atoms with Gasteiger partial charge in [0.05, 0.1) is 0 Å². The second-order valence-electron chi connectivity index (χ2n) is 18.8. The van der Waals surface area contributed by atoms with Gasteiger partial charge in [-0.15, -0.1) is 0 Å². The summed E-state index contributed by atoms with van der Waals surface area (Å²) in [4.78, 5) is 37.9. The van der Waals surface area contributed by atoms with E-state index in [-0.39, 0.29) is 31.1 Å². The lowest BCUT2D eigenvalue weighted by Gasteiger charge is -2.18. The van der Waals surface area contributed by atoms with Crippen LogP contribution < -0.4 is 0 Å². The number of rotatable bonds is 45. The van der Waals surface area contributed by atoms with E-state index in [0.29, 0.717) is 19.3 Å². The Bertz CT molecular complexity index is 902. The molecule has 0 saturated heterocycles. The lowest BCUT2D eigenvalue weighted by Crippen LogP contribution is -2.30. The molecule has 0 bridgehead atoms. The molecule has 0 spiro atoms. The largest absolute Gasteiger partial charge is 0.462 e. The third kappa shape index (κ3) is 42.5. The van der Waals surface area contributed by atoms with Gasteiger partial charge < -0.3 is 14.2 Å². The quantitative estimate of drug-likeness (QED) is 0.0346. The van der Waals surface area contributed by atoms with E-state index in [1.54, 1.807) is 0 Å². The van der Waals surface area contributed by atoms with Gasteiger partial charge in [0.2, 0.25) is 0 Å². The van der Waals surface area contributed by atoms with Gasteiger partial charge in [-0.2, -0.15) is 0 Å². The van der Waals surface area contributed by atoms with Gasteiger partial charge in [-0.25, -0.2) is 0 Å². The number of carbonyl (C=O) groups excluding carboxylic acids is 3. The van der Waals surface area contributed by atoms with Gasteiger partial charge >= 0.3 is 17.9 Å². The molecule has 6 nitrogen and oxygen atoms in total. The predicted molar refractivity (Wildman–Crippen MR) is 247 cm³/mol. The molecule has 0 N–H and O–H groups in total. The molecule has 0 aromatic rings. The monoisotopic (exact) mass is 821 g/mol. The smallest absolute Gasteiger partial charge is 0.306 e. The lowest BCUT2D eigenvalue weighted by atomic mass is 9.99. The number of hydrogen-bond donors (Lipinski definition) is 0. The van der Waals surface area contributed by atoms with Crippen LogP contribution in [-0.4, -0.2) is 37.2 Å². The van der Waals surface area contributed by atoms with Crippen molar-refractivity contribution in [3.8, 4) is 0 Å². The average molecular weight is 821 g/mol. The van der Waals surface area contributed by atoms with Gasteiger partial charge in [-0.1, -0.05) is 241 Å². The van der Waals surface area contributed by atoms with Crippen molar-refractivity contribution >= 4 is 17.9 Å². The third-order valence-corrected chi connectivity index (χ3v) is 12.4. The van der Waals surface area contributed by atoms with Gasteiger partial charge in [-0.3, -0.25) is 14.4 Å². The molecule has 0 heterocycles. The fourth-order valence-electron chi connectivity index (χ4n) is 7.70. The average Bonchev–Trinajstić information content (AvgIpc) is 3.21. The fraction of sp³-hybridized carbons (Fsp3) is 0.942. The minimum atomic E-state index is -0.763. The maximum atomic E-state index is 12.8. The lowest BCUT2D eigenvalue weighted by molar-refractivity contribution is -0.167. The highest BCUT2D eigenvalue weighted by molar-refractivity contribution is 5.71. The Labute approximate surface area is 361 Å². The molecule has 6 heteroatoms. The summed E-state index contributed by atoms with van der Waals surface area (Å²) in [6, 6.07) is 0. The van der Waals surface area contributed by atoms with E-state index >= 15 is 0 Å². The van der Waals surface area contributed by atoms with E-state index in [1.165, 1.54) is 161 Å². The summed E-state index contributed by atoms with van der Waals surface area (Å²) >= 11 is 0. The summed E-state index contributed by atoms with van der Waals surface area (Å²) in [6.07, 6.45) is 42.2. The zero-order valence-corrected chi connectivity index (χ0v) is 39.8. The number of ether oxygens (including phenoxy) is 3. The highest BCUT2D eigenvalue weighted by Gasteiger charge is 2.19. The molecule has 0 aliphatic carbocycles. The zero-order valence-electron chi connectivity index (χ0n) is 39.8. The Kier molecular flexibility index (Phi) is 42.3. The van der Waals surface area contributed by atoms with Crippen molar-refractivity contribution in [2.45, 2.75) is 285 Å². The van der Waals surface area contributed by atoms with Crippen LogP contribution in [0.2, 0.25) is 0 Å². The highest BCUT2D eigenvalue weighted by Crippen LogP contribution is 2.18. The van der Waals surface area contributed by atoms with Gasteiger partial charge in [-0.05, 0) is 37.0 Å². The molecule has 2 unspecified atom stereocenters. The van der Waals surface area contributed by atoms with Crippen LogP contribution in [0.15, 0.2) is 0 Å². The topological polar surface area (TPSA) is 78.9 Å². The molecular weight excluding hydrogens is 721 g/mol. The van der Waals surface area contributed by atoms with Crippen molar-refractivity contribution in [2.24, 2.45) is 17.8 Å². The van der Waals surface area contributed by atoms with Gasteiger partial charge in [0.15, 0.2) is 6.10 Å². The van der Waals surface area contributed by atoms with Crippen LogP contribution in [0.4, 0.5) is 0 Å². The normalized spacial score (nSPS) is 13.1. The Morgan fingerprint density at radius 3 is 0.897 bits per heavy atom. The number of hydrogen-bond acceptors (Lipinski definition) is 6. The number of esters is 3. The first-order chi connectivity index (χ1) is 28.2. The molecule has 58 heavy (non-hydrogen) atoms. The number of carbonyl (C=O) groups is 3. The van der Waals surface area contributed by atoms with Crippen molar-refractivity contribution in [1.82, 2.24) is 0 Å². The van der Waals surface area contributed by atoms with Gasteiger partial charge in [0, 0.05) is 19.3 Å². The molecule has 0 saturated carbocycles. The minimum absolute atomic E-state index is 0.0652. The molecular formula is C52H100O6. The van der Waals surface area contributed by atoms with E-state index in [0.717, 1.165) is 75.5 Å². The van der Waals surface area contributed by atoms with Crippen LogP contribution in [0, 0.1) is 17.8 Å². The van der Waals surface area contributed by atoms with Crippen LogP contribution in [0.25, 0.3) is 0 Å². The summed E-state index contributed by atoms with van der Waals surface area (Å²) in [5.41, 5.74) is 0. The van der Waals surface area contributed by atoms with Crippen molar-refractivity contribution in [3.63, 3.8) is 0 Å². The summed E-state index contributed by atoms with van der Waals surface area (Å²) in [5.74, 6) is 1.69. The molecule has 3 atom stereocenters. The Balaban J connectivity index is 4.35. The van der Waals surface area contributed by atoms with E-state index in [1.807, 2.05) is 0 Å². The second kappa shape index (κ2) is 43.5. The van der Waals surface area contributed by atoms with Crippen molar-refractivity contribution < 1.29 is 28.6 Å². The zero-order chi connectivity index (χ0) is 42.7. The Morgan fingerprint density at radius 2 is 0.603 bits per heavy atom. The maximum absolute atomic E-state index is 12.8. The summed E-state index contributed by atoms with van der Waals surface area (Å²) in [7, 11) is 0. The highest BCUT2D eigenvalue weighted by atomic mass is 16.6. The summed E-state index contributed by atoms with van der Waals surface area (Å²) in [6.45, 7) is 13.7. The molecule has 0 amide bonds. The fourth-order valence-corrected chi connectivity index (χ4v) is 7.70. The van der Waals surface area contributed by atoms with Crippen molar-refractivity contribution in [1.29, 1.82) is 0 Å². The van der Waals surface area contributed by atoms with Crippen LogP contribution in [0.5, 0.6) is 0 Å². The molecule has 0 fully saturated rings. The van der Waals surface area contributed by atoms with E-state index in [2.05, 4.69) is 41.5 Å². The van der Waals surface area contributed by atoms with Gasteiger partial charge in [0.25, 0.3) is 0 Å². The van der Waals surface area contributed by atoms with Crippen molar-refractivity contribution in [2.75, 3.05) is 13.2 Å².